The van der Waals surface area contributed by atoms with Crippen molar-refractivity contribution in [2.75, 3.05) is 16.6 Å². The molecule has 1 unspecified atom stereocenters. The molecule has 0 saturated carbocycles. The van der Waals surface area contributed by atoms with Gasteiger partial charge < -0.3 is 16.4 Å². The molecule has 0 saturated heterocycles. The molecule has 0 amide bonds. The molecule has 1 heterocycles. The zero-order valence-corrected chi connectivity index (χ0v) is 6.78. The lowest BCUT2D eigenvalue weighted by Gasteiger charge is -1.98. The van der Waals surface area contributed by atoms with Gasteiger partial charge in [-0.05, 0) is 4.57 Å². The first-order valence-electron chi connectivity index (χ1n) is 2.89. The Morgan fingerprint density at radius 1 is 1.42 bits per heavy atom. The molecule has 0 radical (unpaired) electrons. The average Bonchev–Trinajstić information content (AvgIpc) is 1.81. The summed E-state index contributed by atoms with van der Waals surface area (Å²) < 4.78 is 10.2. The van der Waals surface area contributed by atoms with Gasteiger partial charge in [-0.15, -0.1) is 5.09 Å². The average molecular weight is 187 g/mol. The monoisotopic (exact) mass is 187 g/mol. The fourth-order valence-corrected chi connectivity index (χ4v) is 0.881. The maximum atomic E-state index is 10.2. The van der Waals surface area contributed by atoms with Crippen LogP contribution >= 0.6 is 8.18 Å². The summed E-state index contributed by atoms with van der Waals surface area (Å²) in [6.45, 7) is 0. The fourth-order valence-electron chi connectivity index (χ4n) is 0.617. The van der Waals surface area contributed by atoms with Crippen LogP contribution in [0.4, 0.5) is 17.6 Å². The molecule has 0 aliphatic rings. The van der Waals surface area contributed by atoms with Gasteiger partial charge in [0.25, 0.3) is 5.95 Å². The van der Waals surface area contributed by atoms with Gasteiger partial charge in [-0.3, -0.25) is 0 Å². The Bertz CT molecular complexity index is 296. The van der Waals surface area contributed by atoms with Crippen molar-refractivity contribution in [1.82, 2.24) is 9.97 Å². The largest absolute Gasteiger partial charge is 0.573 e. The predicted molar refractivity (Wildman–Crippen MR) is 42.1 cm³/mol. The van der Waals surface area contributed by atoms with Crippen molar-refractivity contribution < 1.29 is 9.46 Å². The smallest absolute Gasteiger partial charge is 0.440 e. The lowest BCUT2D eigenvalue weighted by Crippen LogP contribution is -2.04. The van der Waals surface area contributed by atoms with E-state index in [0.29, 0.717) is 0 Å². The molecule has 0 aromatic carbocycles. The van der Waals surface area contributed by atoms with Crippen LogP contribution in [-0.4, -0.2) is 9.97 Å². The first-order chi connectivity index (χ1) is 5.58. The zero-order valence-electron chi connectivity index (χ0n) is 5.89. The number of aromatic nitrogens is 2. The minimum atomic E-state index is -2.79. The molecule has 8 heteroatoms. The SMILES string of the molecule is Nc1cc(N)nc(N[P+](=O)[O-])n1. The van der Waals surface area contributed by atoms with Crippen molar-refractivity contribution in [3.05, 3.63) is 6.07 Å². The normalized spacial score (nSPS) is 10.9. The van der Waals surface area contributed by atoms with E-state index in [9.17, 15) is 9.46 Å². The molecular weight excluding hydrogens is 181 g/mol. The van der Waals surface area contributed by atoms with Crippen molar-refractivity contribution in [3.8, 4) is 0 Å². The second-order valence-electron chi connectivity index (χ2n) is 1.91. The van der Waals surface area contributed by atoms with Gasteiger partial charge in [0.1, 0.15) is 11.6 Å². The summed E-state index contributed by atoms with van der Waals surface area (Å²) in [6.07, 6.45) is 0. The Balaban J connectivity index is 2.93. The highest BCUT2D eigenvalue weighted by Crippen LogP contribution is 2.14. The lowest BCUT2D eigenvalue weighted by molar-refractivity contribution is -0.162. The number of nitrogens with zero attached hydrogens (tertiary/aromatic N) is 2. The Morgan fingerprint density at radius 3 is 2.33 bits per heavy atom. The molecule has 12 heavy (non-hydrogen) atoms. The molecule has 0 aliphatic carbocycles. The highest BCUT2D eigenvalue weighted by molar-refractivity contribution is 7.38. The Kier molecular flexibility index (Phi) is 2.37. The molecule has 0 fully saturated rings. The molecule has 1 aromatic heterocycles. The number of rotatable bonds is 2. The summed E-state index contributed by atoms with van der Waals surface area (Å²) in [7, 11) is -2.79. The second-order valence-corrected chi connectivity index (χ2v) is 2.65. The predicted octanol–water partition coefficient (Wildman–Crippen LogP) is -0.929. The lowest BCUT2D eigenvalue weighted by atomic mass is 10.5. The third kappa shape index (κ3) is 2.30. The molecule has 0 bridgehead atoms. The minimum Gasteiger partial charge on any atom is -0.573 e. The van der Waals surface area contributed by atoms with E-state index in [1.165, 1.54) is 6.07 Å². The van der Waals surface area contributed by atoms with Crippen LogP contribution in [0, 0.1) is 0 Å². The Morgan fingerprint density at radius 2 is 1.92 bits per heavy atom. The molecular formula is C4H6N5O2P. The number of nitrogens with one attached hydrogen (secondary N) is 1. The molecule has 1 rings (SSSR count). The highest BCUT2D eigenvalue weighted by Gasteiger charge is 2.05. The zero-order chi connectivity index (χ0) is 9.14. The number of nitrogens with two attached hydrogens (primary N) is 2. The minimum absolute atomic E-state index is 0.113. The molecule has 0 aliphatic heterocycles. The van der Waals surface area contributed by atoms with Crippen molar-refractivity contribution in [2.45, 2.75) is 0 Å². The van der Waals surface area contributed by atoms with Gasteiger partial charge in [0, 0.05) is 6.07 Å². The fraction of sp³-hybridized carbons (Fsp3) is 0. The van der Waals surface area contributed by atoms with E-state index in [4.69, 9.17) is 11.5 Å². The molecule has 1 aromatic rings. The number of hydrogen-bond acceptors (Lipinski definition) is 6. The van der Waals surface area contributed by atoms with Gasteiger partial charge in [0.05, 0.1) is 0 Å². The van der Waals surface area contributed by atoms with Crippen molar-refractivity contribution in [2.24, 2.45) is 0 Å². The van der Waals surface area contributed by atoms with Crippen LogP contribution in [0.5, 0.6) is 0 Å². The number of nitrogen functional groups attached to an aromatic ring is 2. The van der Waals surface area contributed by atoms with E-state index in [1.54, 1.807) is 0 Å². The molecule has 64 valence electrons. The first-order valence-corrected chi connectivity index (χ1v) is 4.07. The van der Waals surface area contributed by atoms with E-state index >= 15 is 0 Å². The third-order valence-electron chi connectivity index (χ3n) is 0.957. The van der Waals surface area contributed by atoms with E-state index in [-0.39, 0.29) is 17.6 Å². The van der Waals surface area contributed by atoms with Crippen LogP contribution < -0.4 is 21.4 Å². The highest BCUT2D eigenvalue weighted by atomic mass is 31.1. The van der Waals surface area contributed by atoms with Crippen molar-refractivity contribution >= 4 is 25.8 Å². The van der Waals surface area contributed by atoms with Crippen LogP contribution in [0.25, 0.3) is 0 Å². The maximum absolute atomic E-state index is 10.2. The summed E-state index contributed by atoms with van der Waals surface area (Å²) >= 11 is 0. The van der Waals surface area contributed by atoms with Crippen LogP contribution in [0.3, 0.4) is 0 Å². The summed E-state index contributed by atoms with van der Waals surface area (Å²) in [5, 5.41) is 1.96. The summed E-state index contributed by atoms with van der Waals surface area (Å²) in [4.78, 5) is 17.3. The Hall–Kier alpha value is -1.46. The quantitative estimate of drug-likeness (QED) is 0.509. The first kappa shape index (κ1) is 8.63. The third-order valence-corrected chi connectivity index (χ3v) is 1.34. The van der Waals surface area contributed by atoms with E-state index < -0.39 is 8.18 Å². The van der Waals surface area contributed by atoms with E-state index in [2.05, 4.69) is 9.97 Å². The summed E-state index contributed by atoms with van der Waals surface area (Å²) in [5.41, 5.74) is 10.5. The standard InChI is InChI=1S/C4H6N5O2P/c5-2-1-3(6)8-4(7-2)9-12(10)11/h1H,(H5,5,6,7,8,9,10,11). The molecule has 7 nitrogen and oxygen atoms in total. The van der Waals surface area contributed by atoms with Crippen molar-refractivity contribution in [3.63, 3.8) is 0 Å². The van der Waals surface area contributed by atoms with Crippen LogP contribution in [0.2, 0.25) is 0 Å². The summed E-state index contributed by atoms with van der Waals surface area (Å²) in [5.74, 6) is 0.104. The molecule has 0 spiro atoms. The molecule has 1 atom stereocenters. The van der Waals surface area contributed by atoms with E-state index in [0.717, 1.165) is 0 Å². The van der Waals surface area contributed by atoms with Crippen LogP contribution in [-0.2, 0) is 4.57 Å². The number of hydrogen-bond donors (Lipinski definition) is 3. The van der Waals surface area contributed by atoms with Gasteiger partial charge in [0.2, 0.25) is 0 Å². The van der Waals surface area contributed by atoms with Gasteiger partial charge in [0.15, 0.2) is 0 Å². The summed E-state index contributed by atoms with van der Waals surface area (Å²) in [6, 6.07) is 1.32. The van der Waals surface area contributed by atoms with Gasteiger partial charge in [-0.1, -0.05) is 0 Å². The van der Waals surface area contributed by atoms with E-state index in [1.807, 2.05) is 5.09 Å². The van der Waals surface area contributed by atoms with Gasteiger partial charge >= 0.3 is 8.18 Å². The second kappa shape index (κ2) is 3.29. The van der Waals surface area contributed by atoms with Gasteiger partial charge in [-0.25, -0.2) is 0 Å². The number of anilines is 3. The maximum Gasteiger partial charge on any atom is 0.440 e. The van der Waals surface area contributed by atoms with Crippen LogP contribution in [0.15, 0.2) is 6.07 Å². The topological polar surface area (TPSA) is 130 Å². The van der Waals surface area contributed by atoms with Crippen LogP contribution in [0.1, 0.15) is 0 Å². The van der Waals surface area contributed by atoms with Crippen molar-refractivity contribution in [1.29, 1.82) is 0 Å². The molecule has 5 N–H and O–H groups in total. The Labute approximate surface area is 68.7 Å². The van der Waals surface area contributed by atoms with Gasteiger partial charge in [-0.2, -0.15) is 9.97 Å².